The number of amides is 1. The second-order valence-corrected chi connectivity index (χ2v) is 6.33. The summed E-state index contributed by atoms with van der Waals surface area (Å²) < 4.78 is 13.0. The minimum Gasteiger partial charge on any atom is -0.322 e. The van der Waals surface area contributed by atoms with Crippen molar-refractivity contribution in [2.75, 3.05) is 12.3 Å². The van der Waals surface area contributed by atoms with E-state index in [4.69, 9.17) is 0 Å². The van der Waals surface area contributed by atoms with Crippen molar-refractivity contribution in [3.63, 3.8) is 0 Å². The van der Waals surface area contributed by atoms with Gasteiger partial charge in [-0.1, -0.05) is 29.8 Å². The summed E-state index contributed by atoms with van der Waals surface area (Å²) in [6, 6.07) is 14.0. The van der Waals surface area contributed by atoms with Crippen LogP contribution in [0.25, 0.3) is 0 Å². The average molecular weight is 301 g/mol. The van der Waals surface area contributed by atoms with Crippen molar-refractivity contribution in [1.29, 1.82) is 0 Å². The summed E-state index contributed by atoms with van der Waals surface area (Å²) in [6.07, 6.45) is 0. The fraction of sp³-hybridized carbons (Fsp3) is 0.235. The van der Waals surface area contributed by atoms with Gasteiger partial charge in [0, 0.05) is 17.9 Å². The van der Waals surface area contributed by atoms with E-state index in [1.165, 1.54) is 12.1 Å². The molecule has 0 aromatic heterocycles. The molecule has 2 nitrogen and oxygen atoms in total. The van der Waals surface area contributed by atoms with E-state index in [-0.39, 0.29) is 17.1 Å². The van der Waals surface area contributed by atoms with Crippen molar-refractivity contribution < 1.29 is 9.18 Å². The first kappa shape index (κ1) is 14.1. The van der Waals surface area contributed by atoms with Gasteiger partial charge >= 0.3 is 0 Å². The number of halogens is 1. The zero-order valence-electron chi connectivity index (χ0n) is 11.8. The predicted molar refractivity (Wildman–Crippen MR) is 83.8 cm³/mol. The highest BCUT2D eigenvalue weighted by Gasteiger charge is 2.31. The number of rotatable bonds is 2. The van der Waals surface area contributed by atoms with E-state index in [0.717, 1.165) is 23.4 Å². The lowest BCUT2D eigenvalue weighted by Gasteiger charge is -2.24. The van der Waals surface area contributed by atoms with Crippen LogP contribution in [0.1, 0.15) is 26.9 Å². The smallest absolute Gasteiger partial charge is 0.255 e. The number of aryl methyl sites for hydroxylation is 1. The molecule has 2 aromatic carbocycles. The van der Waals surface area contributed by atoms with E-state index >= 15 is 0 Å². The van der Waals surface area contributed by atoms with Gasteiger partial charge in [-0.3, -0.25) is 4.79 Å². The molecule has 3 rings (SSSR count). The first-order valence-corrected chi connectivity index (χ1v) is 7.95. The minimum absolute atomic E-state index is 0.0283. The Balaban J connectivity index is 1.85. The molecule has 0 N–H and O–H groups in total. The highest BCUT2D eigenvalue weighted by molar-refractivity contribution is 7.99. The van der Waals surface area contributed by atoms with E-state index in [0.29, 0.717) is 5.56 Å². The van der Waals surface area contributed by atoms with Crippen LogP contribution in [0, 0.1) is 12.7 Å². The molecule has 0 spiro atoms. The predicted octanol–water partition coefficient (Wildman–Crippen LogP) is 4.02. The summed E-state index contributed by atoms with van der Waals surface area (Å²) in [6.45, 7) is 2.72. The quantitative estimate of drug-likeness (QED) is 0.835. The van der Waals surface area contributed by atoms with Crippen molar-refractivity contribution in [2.45, 2.75) is 12.3 Å². The third-order valence-electron chi connectivity index (χ3n) is 3.61. The second kappa shape index (κ2) is 5.90. The maximum Gasteiger partial charge on any atom is 0.255 e. The maximum atomic E-state index is 13.0. The van der Waals surface area contributed by atoms with Crippen LogP contribution in [0.4, 0.5) is 4.39 Å². The average Bonchev–Trinajstić information content (AvgIpc) is 2.97. The van der Waals surface area contributed by atoms with Crippen LogP contribution in [0.5, 0.6) is 0 Å². The van der Waals surface area contributed by atoms with Gasteiger partial charge in [-0.05, 0) is 36.8 Å². The lowest BCUT2D eigenvalue weighted by Crippen LogP contribution is -2.30. The van der Waals surface area contributed by atoms with Gasteiger partial charge in [0.2, 0.25) is 0 Å². The molecule has 0 bridgehead atoms. The fourth-order valence-electron chi connectivity index (χ4n) is 2.44. The highest BCUT2D eigenvalue weighted by Crippen LogP contribution is 2.38. The largest absolute Gasteiger partial charge is 0.322 e. The van der Waals surface area contributed by atoms with E-state index in [1.807, 2.05) is 36.1 Å². The first-order valence-electron chi connectivity index (χ1n) is 6.90. The van der Waals surface area contributed by atoms with Gasteiger partial charge < -0.3 is 4.90 Å². The van der Waals surface area contributed by atoms with Crippen LogP contribution in [0.3, 0.4) is 0 Å². The number of hydrogen-bond acceptors (Lipinski definition) is 2. The Bertz CT molecular complexity index is 639. The topological polar surface area (TPSA) is 20.3 Å². The number of hydrogen-bond donors (Lipinski definition) is 0. The number of carbonyl (C=O) groups is 1. The van der Waals surface area contributed by atoms with Crippen molar-refractivity contribution in [1.82, 2.24) is 4.90 Å². The van der Waals surface area contributed by atoms with Crippen molar-refractivity contribution >= 4 is 17.7 Å². The molecular weight excluding hydrogens is 285 g/mol. The number of nitrogens with zero attached hydrogens (tertiary/aromatic N) is 1. The van der Waals surface area contributed by atoms with Gasteiger partial charge in [0.15, 0.2) is 0 Å². The third kappa shape index (κ3) is 2.95. The summed E-state index contributed by atoms with van der Waals surface area (Å²) >= 11 is 1.72. The normalized spacial score (nSPS) is 18.0. The minimum atomic E-state index is -0.252. The van der Waals surface area contributed by atoms with Gasteiger partial charge in [0.1, 0.15) is 11.2 Å². The molecule has 1 aliphatic heterocycles. The van der Waals surface area contributed by atoms with Crippen molar-refractivity contribution in [3.05, 3.63) is 71.0 Å². The van der Waals surface area contributed by atoms with E-state index in [2.05, 4.69) is 0 Å². The Morgan fingerprint density at radius 2 is 1.81 bits per heavy atom. The maximum absolute atomic E-state index is 13.0. The first-order chi connectivity index (χ1) is 10.1. The lowest BCUT2D eigenvalue weighted by atomic mass is 10.1. The van der Waals surface area contributed by atoms with Crippen LogP contribution in [-0.2, 0) is 0 Å². The molecule has 1 atom stereocenters. The molecule has 1 amide bonds. The third-order valence-corrected chi connectivity index (χ3v) is 4.87. The fourth-order valence-corrected chi connectivity index (χ4v) is 3.70. The van der Waals surface area contributed by atoms with Crippen molar-refractivity contribution in [2.24, 2.45) is 0 Å². The molecule has 108 valence electrons. The molecule has 1 heterocycles. The van der Waals surface area contributed by atoms with Gasteiger partial charge in [-0.15, -0.1) is 11.8 Å². The molecule has 0 radical (unpaired) electrons. The molecule has 1 aliphatic rings. The van der Waals surface area contributed by atoms with E-state index < -0.39 is 0 Å². The molecule has 4 heteroatoms. The van der Waals surface area contributed by atoms with Crippen LogP contribution in [-0.4, -0.2) is 23.1 Å². The summed E-state index contributed by atoms with van der Waals surface area (Å²) in [5, 5.41) is -0.0283. The van der Waals surface area contributed by atoms with Gasteiger partial charge in [0.25, 0.3) is 5.91 Å². The molecule has 0 aliphatic carbocycles. The van der Waals surface area contributed by atoms with E-state index in [1.54, 1.807) is 23.9 Å². The monoisotopic (exact) mass is 301 g/mol. The Hall–Kier alpha value is -1.81. The Labute approximate surface area is 128 Å². The van der Waals surface area contributed by atoms with Gasteiger partial charge in [-0.25, -0.2) is 4.39 Å². The summed E-state index contributed by atoms with van der Waals surface area (Å²) in [4.78, 5) is 14.5. The second-order valence-electron chi connectivity index (χ2n) is 5.14. The lowest BCUT2D eigenvalue weighted by molar-refractivity contribution is 0.0760. The van der Waals surface area contributed by atoms with Gasteiger partial charge in [-0.2, -0.15) is 0 Å². The zero-order chi connectivity index (χ0) is 14.8. The molecular formula is C17H16FNOS. The molecule has 0 saturated carbocycles. The number of carbonyl (C=O) groups excluding carboxylic acids is 1. The Kier molecular flexibility index (Phi) is 3.97. The molecule has 1 saturated heterocycles. The molecule has 1 fully saturated rings. The highest BCUT2D eigenvalue weighted by atomic mass is 32.2. The molecule has 1 unspecified atom stereocenters. The summed E-state index contributed by atoms with van der Waals surface area (Å²) in [7, 11) is 0. The summed E-state index contributed by atoms with van der Waals surface area (Å²) in [5.41, 5.74) is 2.81. The van der Waals surface area contributed by atoms with Crippen LogP contribution in [0.15, 0.2) is 48.5 Å². The SMILES string of the molecule is Cc1ccc(C(=O)N2CCSC2c2ccc(F)cc2)cc1. The Morgan fingerprint density at radius 1 is 1.14 bits per heavy atom. The number of benzene rings is 2. The van der Waals surface area contributed by atoms with Crippen LogP contribution >= 0.6 is 11.8 Å². The van der Waals surface area contributed by atoms with Crippen LogP contribution < -0.4 is 0 Å². The zero-order valence-corrected chi connectivity index (χ0v) is 12.6. The molecule has 2 aromatic rings. The standard InChI is InChI=1S/C17H16FNOS/c1-12-2-4-13(5-3-12)16(20)19-10-11-21-17(19)14-6-8-15(18)9-7-14/h2-9,17H,10-11H2,1H3. The van der Waals surface area contributed by atoms with E-state index in [9.17, 15) is 9.18 Å². The summed E-state index contributed by atoms with van der Waals surface area (Å²) in [5.74, 6) is 0.687. The number of thioether (sulfide) groups is 1. The Morgan fingerprint density at radius 3 is 2.48 bits per heavy atom. The van der Waals surface area contributed by atoms with Crippen LogP contribution in [0.2, 0.25) is 0 Å². The van der Waals surface area contributed by atoms with Gasteiger partial charge in [0.05, 0.1) is 0 Å². The van der Waals surface area contributed by atoms with Crippen molar-refractivity contribution in [3.8, 4) is 0 Å². The molecule has 21 heavy (non-hydrogen) atoms.